The summed E-state index contributed by atoms with van der Waals surface area (Å²) in [5.41, 5.74) is -1.03. The standard InChI is InChI=1S/C10H18O7.2C6H14O3.C4H6O2/c1-5(2)10(16)17-4-7(13)9(15)8(14)6(12)3-11;2*1-2-6(3-7,4-8)5-9;1-3(2)4(5)6/h6-9,11-15H,1,3-4H2,2H3;2*7-9H,2-5H2,1H3;1H2,2H3,(H,5,6)/t6-,7+,8-,9-;;;/m1.../s1. The lowest BCUT2D eigenvalue weighted by atomic mass is 9.88. The Balaban J connectivity index is -0.000000242. The molecule has 0 aliphatic carbocycles. The topological polar surface area (TPSA) is 286 Å². The van der Waals surface area contributed by atoms with E-state index in [1.54, 1.807) is 0 Å². The van der Waals surface area contributed by atoms with Crippen LogP contribution in [0.15, 0.2) is 24.3 Å². The first-order valence-corrected chi connectivity index (χ1v) is 12.6. The van der Waals surface area contributed by atoms with Crippen LogP contribution in [0.5, 0.6) is 0 Å². The maximum absolute atomic E-state index is 11.0. The van der Waals surface area contributed by atoms with E-state index in [1.165, 1.54) is 13.8 Å². The lowest BCUT2D eigenvalue weighted by Crippen LogP contribution is -2.47. The molecule has 0 aliphatic heterocycles. The fraction of sp³-hybridized carbons (Fsp3) is 0.769. The summed E-state index contributed by atoms with van der Waals surface area (Å²) in [4.78, 5) is 20.6. The highest BCUT2D eigenvalue weighted by atomic mass is 16.5. The van der Waals surface area contributed by atoms with E-state index in [2.05, 4.69) is 17.9 Å². The second kappa shape index (κ2) is 25.7. The monoisotopic (exact) mass is 604 g/mol. The van der Waals surface area contributed by atoms with Gasteiger partial charge in [-0.25, -0.2) is 9.59 Å². The van der Waals surface area contributed by atoms with Crippen LogP contribution in [-0.4, -0.2) is 150 Å². The Morgan fingerprint density at radius 3 is 1.12 bits per heavy atom. The molecule has 15 nitrogen and oxygen atoms in total. The third-order valence-corrected chi connectivity index (χ3v) is 5.94. The molecule has 0 aromatic rings. The quantitative estimate of drug-likeness (QED) is 0.0614. The van der Waals surface area contributed by atoms with Gasteiger partial charge in [-0.1, -0.05) is 27.0 Å². The maximum atomic E-state index is 11.0. The third kappa shape index (κ3) is 20.5. The Bertz CT molecular complexity index is 638. The van der Waals surface area contributed by atoms with Crippen LogP contribution in [0.3, 0.4) is 0 Å². The summed E-state index contributed by atoms with van der Waals surface area (Å²) in [5, 5.41) is 105. The summed E-state index contributed by atoms with van der Waals surface area (Å²) in [6.07, 6.45) is -5.45. The highest BCUT2D eigenvalue weighted by molar-refractivity contribution is 5.86. The first kappa shape index (κ1) is 46.0. The fourth-order valence-electron chi connectivity index (χ4n) is 1.92. The molecule has 0 rings (SSSR count). The van der Waals surface area contributed by atoms with Crippen molar-refractivity contribution in [2.75, 3.05) is 52.9 Å². The Kier molecular flexibility index (Phi) is 28.8. The Morgan fingerprint density at radius 1 is 0.659 bits per heavy atom. The van der Waals surface area contributed by atoms with E-state index in [1.807, 2.05) is 13.8 Å². The number of aliphatic hydroxyl groups excluding tert-OH is 11. The van der Waals surface area contributed by atoms with Gasteiger partial charge in [0.2, 0.25) is 0 Å². The molecule has 0 fully saturated rings. The van der Waals surface area contributed by atoms with Gasteiger partial charge in [0, 0.05) is 22.0 Å². The summed E-state index contributed by atoms with van der Waals surface area (Å²) in [5.74, 6) is -1.68. The molecule has 0 saturated heterocycles. The molecule has 41 heavy (non-hydrogen) atoms. The maximum Gasteiger partial charge on any atom is 0.333 e. The zero-order valence-electron chi connectivity index (χ0n) is 24.4. The number of hydrogen-bond donors (Lipinski definition) is 12. The molecule has 0 aromatic carbocycles. The van der Waals surface area contributed by atoms with Crippen LogP contribution in [-0.2, 0) is 14.3 Å². The van der Waals surface area contributed by atoms with Crippen molar-refractivity contribution in [2.45, 2.75) is 65.0 Å². The van der Waals surface area contributed by atoms with Crippen LogP contribution in [0.1, 0.15) is 40.5 Å². The normalized spacial score (nSPS) is 13.8. The van der Waals surface area contributed by atoms with Gasteiger partial charge in [-0.05, 0) is 26.7 Å². The summed E-state index contributed by atoms with van der Waals surface area (Å²) >= 11 is 0. The predicted molar refractivity (Wildman–Crippen MR) is 147 cm³/mol. The van der Waals surface area contributed by atoms with E-state index in [0.717, 1.165) is 0 Å². The predicted octanol–water partition coefficient (Wildman–Crippen LogP) is -3.09. The van der Waals surface area contributed by atoms with Crippen LogP contribution >= 0.6 is 0 Å². The smallest absolute Gasteiger partial charge is 0.333 e. The molecule has 0 heterocycles. The number of carboxylic acids is 1. The number of carboxylic acid groups (broad SMARTS) is 1. The Labute approximate surface area is 240 Å². The molecule has 15 heteroatoms. The Hall–Kier alpha value is -2.02. The first-order chi connectivity index (χ1) is 18.9. The van der Waals surface area contributed by atoms with Crippen molar-refractivity contribution in [2.24, 2.45) is 10.8 Å². The molecule has 12 N–H and O–H groups in total. The molecule has 0 saturated carbocycles. The molecule has 0 spiro atoms. The van der Waals surface area contributed by atoms with Crippen molar-refractivity contribution in [3.8, 4) is 0 Å². The van der Waals surface area contributed by atoms with Crippen molar-refractivity contribution in [1.82, 2.24) is 0 Å². The molecule has 0 aliphatic rings. The molecule has 4 atom stereocenters. The summed E-state index contributed by atoms with van der Waals surface area (Å²) in [6.45, 7) is 10.7. The minimum atomic E-state index is -1.74. The van der Waals surface area contributed by atoms with Gasteiger partial charge in [0.05, 0.1) is 46.2 Å². The van der Waals surface area contributed by atoms with Crippen LogP contribution in [0.25, 0.3) is 0 Å². The number of aliphatic carboxylic acids is 1. The van der Waals surface area contributed by atoms with Gasteiger partial charge in [0.1, 0.15) is 31.0 Å². The molecule has 246 valence electrons. The molecule has 0 bridgehead atoms. The minimum Gasteiger partial charge on any atom is -0.478 e. The average molecular weight is 605 g/mol. The largest absolute Gasteiger partial charge is 0.478 e. The number of esters is 1. The van der Waals surface area contributed by atoms with E-state index < -0.39 is 60.4 Å². The van der Waals surface area contributed by atoms with Gasteiger partial charge in [-0.2, -0.15) is 0 Å². The van der Waals surface area contributed by atoms with Gasteiger partial charge in [0.15, 0.2) is 0 Å². The molecule has 0 radical (unpaired) electrons. The van der Waals surface area contributed by atoms with Crippen molar-refractivity contribution in [1.29, 1.82) is 0 Å². The lowest BCUT2D eigenvalue weighted by molar-refractivity contribution is -0.152. The highest BCUT2D eigenvalue weighted by Crippen LogP contribution is 2.19. The van der Waals surface area contributed by atoms with Gasteiger partial charge in [0.25, 0.3) is 0 Å². The second-order valence-corrected chi connectivity index (χ2v) is 9.42. The molecule has 0 unspecified atom stereocenters. The van der Waals surface area contributed by atoms with Crippen molar-refractivity contribution < 1.29 is 75.6 Å². The van der Waals surface area contributed by atoms with Crippen LogP contribution in [0, 0.1) is 10.8 Å². The van der Waals surface area contributed by atoms with Crippen LogP contribution in [0.2, 0.25) is 0 Å². The van der Waals surface area contributed by atoms with Crippen molar-refractivity contribution >= 4 is 11.9 Å². The van der Waals surface area contributed by atoms with Gasteiger partial charge in [-0.3, -0.25) is 0 Å². The molecular formula is C26H52O15. The third-order valence-electron chi connectivity index (χ3n) is 5.94. The van der Waals surface area contributed by atoms with Crippen molar-refractivity contribution in [3.63, 3.8) is 0 Å². The summed E-state index contributed by atoms with van der Waals surface area (Å²) in [6, 6.07) is 0. The lowest BCUT2D eigenvalue weighted by Gasteiger charge is -2.25. The number of carbonyl (C=O) groups excluding carboxylic acids is 1. The number of aliphatic hydroxyl groups is 11. The second-order valence-electron chi connectivity index (χ2n) is 9.42. The van der Waals surface area contributed by atoms with E-state index in [9.17, 15) is 24.9 Å². The van der Waals surface area contributed by atoms with E-state index in [-0.39, 0.29) is 50.8 Å². The number of carbonyl (C=O) groups is 2. The average Bonchev–Trinajstić information content (AvgIpc) is 2.98. The minimum absolute atomic E-state index is 0.127. The van der Waals surface area contributed by atoms with E-state index in [4.69, 9.17) is 46.0 Å². The molecule has 0 aromatic heterocycles. The molecular weight excluding hydrogens is 552 g/mol. The SMILES string of the molecule is C=C(C)C(=O)O.C=C(C)C(=O)OC[C@H](O)[C@@H](O)[C@H](O)[C@H](O)CO.CCC(CO)(CO)CO.CCC(CO)(CO)CO. The fourth-order valence-corrected chi connectivity index (χ4v) is 1.92. The van der Waals surface area contributed by atoms with Gasteiger partial charge in [-0.15, -0.1) is 0 Å². The van der Waals surface area contributed by atoms with E-state index >= 15 is 0 Å². The summed E-state index contributed by atoms with van der Waals surface area (Å²) in [7, 11) is 0. The van der Waals surface area contributed by atoms with Gasteiger partial charge < -0.3 is 66.0 Å². The van der Waals surface area contributed by atoms with E-state index in [0.29, 0.717) is 12.8 Å². The Morgan fingerprint density at radius 2 is 0.951 bits per heavy atom. The number of rotatable bonds is 16. The number of hydrogen-bond acceptors (Lipinski definition) is 14. The van der Waals surface area contributed by atoms with Crippen LogP contribution in [0.4, 0.5) is 0 Å². The van der Waals surface area contributed by atoms with Crippen molar-refractivity contribution in [3.05, 3.63) is 24.3 Å². The summed E-state index contributed by atoms with van der Waals surface area (Å²) < 4.78 is 4.55. The van der Waals surface area contributed by atoms with Gasteiger partial charge >= 0.3 is 11.9 Å². The van der Waals surface area contributed by atoms with Crippen LogP contribution < -0.4 is 0 Å². The molecule has 0 amide bonds. The zero-order chi connectivity index (χ0) is 33.4. The number of ether oxygens (including phenoxy) is 1. The zero-order valence-corrected chi connectivity index (χ0v) is 24.4. The first-order valence-electron chi connectivity index (χ1n) is 12.6. The highest BCUT2D eigenvalue weighted by Gasteiger charge is 2.30.